The second kappa shape index (κ2) is 12.2. The molecule has 0 bridgehead atoms. The molecule has 1 unspecified atom stereocenters. The van der Waals surface area contributed by atoms with Crippen molar-refractivity contribution in [1.29, 1.82) is 0 Å². The van der Waals surface area contributed by atoms with Crippen molar-refractivity contribution in [2.45, 2.75) is 39.3 Å². The molecule has 1 aromatic carbocycles. The van der Waals surface area contributed by atoms with Gasteiger partial charge in [-0.25, -0.2) is 4.98 Å². The quantitative estimate of drug-likeness (QED) is 0.388. The molecule has 0 aliphatic carbocycles. The molecule has 3 aromatic rings. The lowest BCUT2D eigenvalue weighted by Gasteiger charge is -2.34. The molecule has 1 atom stereocenters. The summed E-state index contributed by atoms with van der Waals surface area (Å²) in [6.45, 7) is 8.29. The van der Waals surface area contributed by atoms with Crippen LogP contribution in [0, 0.1) is 0 Å². The Morgan fingerprint density at radius 1 is 1.08 bits per heavy atom. The van der Waals surface area contributed by atoms with Crippen molar-refractivity contribution < 1.29 is 14.3 Å². The molecule has 1 saturated heterocycles. The van der Waals surface area contributed by atoms with Crippen LogP contribution in [0.25, 0.3) is 22.3 Å². The number of anilines is 1. The molecule has 10 heteroatoms. The third-order valence-corrected chi connectivity index (χ3v) is 7.09. The number of likely N-dealkylation sites (N-methyl/N-ethyl adjacent to an activating group) is 2. The molecule has 4 N–H and O–H groups in total. The number of nitrogens with zero attached hydrogens (tertiary/aromatic N) is 3. The topological polar surface area (TPSA) is 132 Å². The van der Waals surface area contributed by atoms with E-state index in [1.807, 2.05) is 31.2 Å². The number of aryl methyl sites for hydroxylation is 1. The number of pyridine rings is 2. The van der Waals surface area contributed by atoms with Gasteiger partial charge in [-0.1, -0.05) is 31.2 Å². The minimum Gasteiger partial charge on any atom is -0.385 e. The highest BCUT2D eigenvalue weighted by Gasteiger charge is 2.22. The maximum absolute atomic E-state index is 13.1. The van der Waals surface area contributed by atoms with Crippen LogP contribution in [0.1, 0.15) is 25.0 Å². The van der Waals surface area contributed by atoms with Crippen molar-refractivity contribution in [3.05, 3.63) is 57.7 Å². The van der Waals surface area contributed by atoms with E-state index < -0.39 is 0 Å². The number of benzene rings is 1. The zero-order valence-corrected chi connectivity index (χ0v) is 22.3. The molecular weight excluding hydrogens is 484 g/mol. The lowest BCUT2D eigenvalue weighted by atomic mass is 10.0. The van der Waals surface area contributed by atoms with Gasteiger partial charge in [-0.3, -0.25) is 19.3 Å². The summed E-state index contributed by atoms with van der Waals surface area (Å²) in [7, 11) is 1.52. The highest BCUT2D eigenvalue weighted by molar-refractivity contribution is 5.85. The number of ether oxygens (including phenoxy) is 1. The maximum atomic E-state index is 13.1. The zero-order chi connectivity index (χ0) is 27.2. The van der Waals surface area contributed by atoms with Gasteiger partial charge in [0, 0.05) is 37.8 Å². The Bertz CT molecular complexity index is 1370. The van der Waals surface area contributed by atoms with Gasteiger partial charge in [-0.15, -0.1) is 0 Å². The number of rotatable bonds is 9. The molecule has 2 amide bonds. The number of fused-ring (bicyclic) bond motifs is 1. The van der Waals surface area contributed by atoms with Gasteiger partial charge in [-0.2, -0.15) is 0 Å². The lowest BCUT2D eigenvalue weighted by molar-refractivity contribution is -0.121. The summed E-state index contributed by atoms with van der Waals surface area (Å²) >= 11 is 0. The molecule has 38 heavy (non-hydrogen) atoms. The Kier molecular flexibility index (Phi) is 8.75. The second-order valence-electron chi connectivity index (χ2n) is 9.39. The van der Waals surface area contributed by atoms with E-state index >= 15 is 0 Å². The highest BCUT2D eigenvalue weighted by Crippen LogP contribution is 2.23. The van der Waals surface area contributed by atoms with Crippen molar-refractivity contribution in [1.82, 2.24) is 25.1 Å². The van der Waals surface area contributed by atoms with E-state index in [-0.39, 0.29) is 47.5 Å². The van der Waals surface area contributed by atoms with E-state index in [1.165, 1.54) is 7.05 Å². The van der Waals surface area contributed by atoms with Crippen LogP contribution in [-0.4, -0.2) is 72.2 Å². The molecule has 202 valence electrons. The molecule has 1 aliphatic rings. The molecule has 2 aromatic heterocycles. The van der Waals surface area contributed by atoms with Gasteiger partial charge in [-0.05, 0) is 31.2 Å². The number of carbonyl (C=O) groups excluding carboxylic acids is 2. The predicted octanol–water partition coefficient (Wildman–Crippen LogP) is 1.33. The molecule has 1 aliphatic heterocycles. The Hall–Kier alpha value is -3.76. The summed E-state index contributed by atoms with van der Waals surface area (Å²) in [5.74, 6) is -0.0558. The van der Waals surface area contributed by atoms with Crippen molar-refractivity contribution >= 4 is 28.7 Å². The average Bonchev–Trinajstić information content (AvgIpc) is 2.94. The molecule has 10 nitrogen and oxygen atoms in total. The lowest BCUT2D eigenvalue weighted by Crippen LogP contribution is -2.51. The number of amides is 2. The van der Waals surface area contributed by atoms with Crippen LogP contribution < -0.4 is 21.8 Å². The van der Waals surface area contributed by atoms with Gasteiger partial charge < -0.3 is 25.7 Å². The predicted molar refractivity (Wildman–Crippen MR) is 148 cm³/mol. The smallest absolute Gasteiger partial charge is 0.224 e. The summed E-state index contributed by atoms with van der Waals surface area (Å²) in [5, 5.41) is 5.99. The minimum absolute atomic E-state index is 0.0294. The van der Waals surface area contributed by atoms with E-state index in [4.69, 9.17) is 15.5 Å². The Balaban J connectivity index is 1.50. The normalized spacial score (nSPS) is 15.9. The minimum atomic E-state index is -0.284. The van der Waals surface area contributed by atoms with E-state index in [0.717, 1.165) is 30.8 Å². The fourth-order valence-corrected chi connectivity index (χ4v) is 4.85. The summed E-state index contributed by atoms with van der Waals surface area (Å²) in [5.41, 5.74) is 9.21. The second-order valence-corrected chi connectivity index (χ2v) is 9.39. The molecule has 0 saturated carbocycles. The summed E-state index contributed by atoms with van der Waals surface area (Å²) in [6, 6.07) is 11.4. The van der Waals surface area contributed by atoms with Crippen molar-refractivity contribution in [2.75, 3.05) is 45.6 Å². The number of nitrogen functional groups attached to an aromatic ring is 1. The number of nitrogens with one attached hydrogen (secondary N) is 2. The zero-order valence-electron chi connectivity index (χ0n) is 22.3. The first-order chi connectivity index (χ1) is 18.4. The third kappa shape index (κ3) is 5.87. The maximum Gasteiger partial charge on any atom is 0.224 e. The first-order valence-electron chi connectivity index (χ1n) is 13.1. The number of hydrogen-bond acceptors (Lipinski definition) is 7. The van der Waals surface area contributed by atoms with Gasteiger partial charge in [0.2, 0.25) is 11.8 Å². The van der Waals surface area contributed by atoms with Gasteiger partial charge >= 0.3 is 0 Å². The van der Waals surface area contributed by atoms with Crippen LogP contribution in [0.15, 0.2) is 41.2 Å². The SMILES string of the molecule is CCN1CCOCC1CNC(=O)Cc1ccc(-c2ccc3c(=O)c(CC(=O)NC)c(N)n(CC)c3n2)cc1. The molecule has 0 spiro atoms. The molecule has 0 radical (unpaired) electrons. The Morgan fingerprint density at radius 2 is 1.84 bits per heavy atom. The average molecular weight is 521 g/mol. The van der Waals surface area contributed by atoms with Crippen LogP contribution in [0.2, 0.25) is 0 Å². The summed E-state index contributed by atoms with van der Waals surface area (Å²) < 4.78 is 7.32. The Labute approximate surface area is 222 Å². The van der Waals surface area contributed by atoms with Gasteiger partial charge in [0.05, 0.1) is 43.2 Å². The third-order valence-electron chi connectivity index (χ3n) is 7.09. The standard InChI is InChI=1S/C28H36N6O4/c1-4-33-12-13-38-17-20(33)16-31-25(36)14-18-6-8-19(9-7-18)23-11-10-21-26(37)22(15-24(35)30-3)27(29)34(5-2)28(21)32-23/h6-11,20H,4-5,12-17,29H2,1-3H3,(H,30,35)(H,31,36). The van der Waals surface area contributed by atoms with Gasteiger partial charge in [0.15, 0.2) is 5.43 Å². The highest BCUT2D eigenvalue weighted by atomic mass is 16.5. The van der Waals surface area contributed by atoms with E-state index in [1.54, 1.807) is 16.7 Å². The van der Waals surface area contributed by atoms with Crippen molar-refractivity contribution in [3.63, 3.8) is 0 Å². The molecule has 3 heterocycles. The first-order valence-corrected chi connectivity index (χ1v) is 13.1. The van der Waals surface area contributed by atoms with Crippen LogP contribution in [-0.2, 0) is 33.7 Å². The van der Waals surface area contributed by atoms with Crippen LogP contribution in [0.5, 0.6) is 0 Å². The fourth-order valence-electron chi connectivity index (χ4n) is 4.85. The van der Waals surface area contributed by atoms with Crippen molar-refractivity contribution in [2.24, 2.45) is 0 Å². The van der Waals surface area contributed by atoms with Gasteiger partial charge in [0.1, 0.15) is 11.5 Å². The van der Waals surface area contributed by atoms with Crippen LogP contribution in [0.3, 0.4) is 0 Å². The van der Waals surface area contributed by atoms with Crippen LogP contribution in [0.4, 0.5) is 5.82 Å². The monoisotopic (exact) mass is 520 g/mol. The number of nitrogens with two attached hydrogens (primary N) is 1. The number of morpholine rings is 1. The van der Waals surface area contributed by atoms with Gasteiger partial charge in [0.25, 0.3) is 0 Å². The Morgan fingerprint density at radius 3 is 2.53 bits per heavy atom. The number of carbonyl (C=O) groups is 2. The van der Waals surface area contributed by atoms with E-state index in [9.17, 15) is 14.4 Å². The van der Waals surface area contributed by atoms with E-state index in [2.05, 4.69) is 22.5 Å². The fraction of sp³-hybridized carbons (Fsp3) is 0.429. The summed E-state index contributed by atoms with van der Waals surface area (Å²) in [6.07, 6.45) is 0.199. The number of aromatic nitrogens is 2. The van der Waals surface area contributed by atoms with Crippen molar-refractivity contribution in [3.8, 4) is 11.3 Å². The van der Waals surface area contributed by atoms with E-state index in [0.29, 0.717) is 36.4 Å². The molecular formula is C28H36N6O4. The largest absolute Gasteiger partial charge is 0.385 e. The van der Waals surface area contributed by atoms with Crippen LogP contribution >= 0.6 is 0 Å². The first kappa shape index (κ1) is 27.3. The molecule has 1 fully saturated rings. The summed E-state index contributed by atoms with van der Waals surface area (Å²) in [4.78, 5) is 44.6. The molecule has 4 rings (SSSR count). The number of hydrogen-bond donors (Lipinski definition) is 3.